The van der Waals surface area contributed by atoms with Gasteiger partial charge in [0.15, 0.2) is 12.4 Å². The summed E-state index contributed by atoms with van der Waals surface area (Å²) in [7, 11) is 0. The molecule has 4 rings (SSSR count). The number of Topliss-reactive ketones (excluding diaryl/α,β-unsaturated/α-hetero) is 1. The number of esters is 1. The third-order valence-corrected chi connectivity index (χ3v) is 5.25. The van der Waals surface area contributed by atoms with E-state index < -0.39 is 12.6 Å². The molecule has 0 saturated carbocycles. The van der Waals surface area contributed by atoms with Crippen LogP contribution in [-0.2, 0) is 9.53 Å². The number of carbonyl (C=O) groups is 3. The highest BCUT2D eigenvalue weighted by atomic mass is 16.5. The summed E-state index contributed by atoms with van der Waals surface area (Å²) in [6, 6.07) is 23.4. The maximum atomic E-state index is 13.1. The molecule has 1 aromatic heterocycles. The summed E-state index contributed by atoms with van der Waals surface area (Å²) in [4.78, 5) is 41.6. The van der Waals surface area contributed by atoms with E-state index in [2.05, 4.69) is 5.32 Å². The van der Waals surface area contributed by atoms with Crippen LogP contribution in [0, 0.1) is 6.92 Å². The summed E-state index contributed by atoms with van der Waals surface area (Å²) >= 11 is 0. The van der Waals surface area contributed by atoms with E-state index in [1.54, 1.807) is 24.3 Å². The summed E-state index contributed by atoms with van der Waals surface area (Å²) in [5.41, 5.74) is 4.33. The van der Waals surface area contributed by atoms with E-state index in [0.29, 0.717) is 39.0 Å². The van der Waals surface area contributed by atoms with Crippen LogP contribution < -0.4 is 5.32 Å². The van der Waals surface area contributed by atoms with Crippen LogP contribution in [0.5, 0.6) is 0 Å². The highest BCUT2D eigenvalue weighted by Crippen LogP contribution is 2.30. The van der Waals surface area contributed by atoms with Crippen LogP contribution in [0.4, 0.5) is 5.69 Å². The van der Waals surface area contributed by atoms with Gasteiger partial charge in [-0.05, 0) is 42.8 Å². The van der Waals surface area contributed by atoms with Crippen molar-refractivity contribution < 1.29 is 19.1 Å². The molecule has 0 atom stereocenters. The zero-order chi connectivity index (χ0) is 23.4. The molecule has 0 radical (unpaired) electrons. The zero-order valence-electron chi connectivity index (χ0n) is 18.3. The van der Waals surface area contributed by atoms with Gasteiger partial charge < -0.3 is 10.1 Å². The second-order valence-corrected chi connectivity index (χ2v) is 7.60. The smallest absolute Gasteiger partial charge is 0.339 e. The number of carbonyl (C=O) groups excluding carboxylic acids is 3. The predicted octanol–water partition coefficient (Wildman–Crippen LogP) is 5.21. The molecular formula is C27H22N2O4. The summed E-state index contributed by atoms with van der Waals surface area (Å²) in [5, 5.41) is 3.32. The number of para-hydroxylation sites is 1. The van der Waals surface area contributed by atoms with E-state index in [-0.39, 0.29) is 11.7 Å². The number of benzene rings is 3. The number of fused-ring (bicyclic) bond motifs is 1. The molecule has 0 saturated heterocycles. The number of aromatic nitrogens is 1. The summed E-state index contributed by atoms with van der Waals surface area (Å²) in [6.45, 7) is 2.85. The SMILES string of the molecule is CC(=O)Nc1ccc(C(=O)COC(=O)c2c(C)c(-c3ccccc3)nc3ccccc23)cc1. The second-order valence-electron chi connectivity index (χ2n) is 7.60. The van der Waals surface area contributed by atoms with Crippen molar-refractivity contribution in [3.63, 3.8) is 0 Å². The third kappa shape index (κ3) is 4.80. The Morgan fingerprint density at radius 1 is 0.879 bits per heavy atom. The van der Waals surface area contributed by atoms with Crippen LogP contribution in [0.15, 0.2) is 78.9 Å². The Labute approximate surface area is 191 Å². The van der Waals surface area contributed by atoms with E-state index in [1.165, 1.54) is 6.92 Å². The van der Waals surface area contributed by atoms with E-state index in [4.69, 9.17) is 9.72 Å². The van der Waals surface area contributed by atoms with Crippen molar-refractivity contribution in [1.82, 2.24) is 4.98 Å². The van der Waals surface area contributed by atoms with Crippen LogP contribution in [0.1, 0.15) is 33.2 Å². The Morgan fingerprint density at radius 2 is 1.55 bits per heavy atom. The average molecular weight is 438 g/mol. The Morgan fingerprint density at radius 3 is 2.24 bits per heavy atom. The minimum Gasteiger partial charge on any atom is -0.454 e. The molecule has 1 N–H and O–H groups in total. The number of hydrogen-bond donors (Lipinski definition) is 1. The van der Waals surface area contributed by atoms with Crippen LogP contribution >= 0.6 is 0 Å². The molecule has 0 aliphatic heterocycles. The molecule has 6 heteroatoms. The first kappa shape index (κ1) is 21.9. The summed E-state index contributed by atoms with van der Waals surface area (Å²) in [5.74, 6) is -1.11. The number of ketones is 1. The Bertz CT molecular complexity index is 1350. The Kier molecular flexibility index (Phi) is 6.26. The maximum Gasteiger partial charge on any atom is 0.339 e. The van der Waals surface area contributed by atoms with Crippen molar-refractivity contribution in [3.05, 3.63) is 95.6 Å². The molecule has 0 fully saturated rings. The molecule has 1 heterocycles. The van der Waals surface area contributed by atoms with Gasteiger partial charge in [0.1, 0.15) is 0 Å². The number of hydrogen-bond acceptors (Lipinski definition) is 5. The molecule has 6 nitrogen and oxygen atoms in total. The predicted molar refractivity (Wildman–Crippen MR) is 127 cm³/mol. The lowest BCUT2D eigenvalue weighted by atomic mass is 9.98. The third-order valence-electron chi connectivity index (χ3n) is 5.25. The summed E-state index contributed by atoms with van der Waals surface area (Å²) in [6.07, 6.45) is 0. The first-order chi connectivity index (χ1) is 15.9. The lowest BCUT2D eigenvalue weighted by molar-refractivity contribution is -0.114. The molecule has 0 unspecified atom stereocenters. The standard InChI is InChI=1S/C27H22N2O4/c1-17-25(22-10-6-7-11-23(22)29-26(17)20-8-4-3-5-9-20)27(32)33-16-24(31)19-12-14-21(15-13-19)28-18(2)30/h3-15H,16H2,1-2H3,(H,28,30). The van der Waals surface area contributed by atoms with Crippen molar-refractivity contribution in [1.29, 1.82) is 0 Å². The lowest BCUT2D eigenvalue weighted by Gasteiger charge is -2.14. The Balaban J connectivity index is 1.60. The lowest BCUT2D eigenvalue weighted by Crippen LogP contribution is -2.16. The van der Waals surface area contributed by atoms with Crippen molar-refractivity contribution in [2.24, 2.45) is 0 Å². The monoisotopic (exact) mass is 438 g/mol. The number of ether oxygens (including phenoxy) is 1. The summed E-state index contributed by atoms with van der Waals surface area (Å²) < 4.78 is 5.43. The van der Waals surface area contributed by atoms with Gasteiger partial charge in [-0.15, -0.1) is 0 Å². The average Bonchev–Trinajstić information content (AvgIpc) is 2.82. The number of rotatable bonds is 6. The number of nitrogens with one attached hydrogen (secondary N) is 1. The maximum absolute atomic E-state index is 13.1. The number of nitrogens with zero attached hydrogens (tertiary/aromatic N) is 1. The fourth-order valence-electron chi connectivity index (χ4n) is 3.68. The molecule has 0 aliphatic rings. The minimum absolute atomic E-state index is 0.196. The molecular weight excluding hydrogens is 416 g/mol. The molecule has 3 aromatic carbocycles. The van der Waals surface area contributed by atoms with E-state index in [0.717, 1.165) is 5.56 Å². The largest absolute Gasteiger partial charge is 0.454 e. The minimum atomic E-state index is -0.577. The van der Waals surface area contributed by atoms with Gasteiger partial charge in [-0.3, -0.25) is 9.59 Å². The molecule has 0 spiro atoms. The van der Waals surface area contributed by atoms with E-state index in [9.17, 15) is 14.4 Å². The second kappa shape index (κ2) is 9.44. The normalized spacial score (nSPS) is 10.6. The highest BCUT2D eigenvalue weighted by molar-refractivity contribution is 6.07. The molecule has 1 amide bonds. The van der Waals surface area contributed by atoms with Gasteiger partial charge in [0.2, 0.25) is 5.91 Å². The highest BCUT2D eigenvalue weighted by Gasteiger charge is 2.21. The van der Waals surface area contributed by atoms with Gasteiger partial charge in [-0.2, -0.15) is 0 Å². The fourth-order valence-corrected chi connectivity index (χ4v) is 3.68. The van der Waals surface area contributed by atoms with Crippen molar-refractivity contribution in [2.45, 2.75) is 13.8 Å². The van der Waals surface area contributed by atoms with Crippen LogP contribution in [-0.4, -0.2) is 29.3 Å². The van der Waals surface area contributed by atoms with Crippen LogP contribution in [0.3, 0.4) is 0 Å². The van der Waals surface area contributed by atoms with Gasteiger partial charge >= 0.3 is 5.97 Å². The molecule has 4 aromatic rings. The van der Waals surface area contributed by atoms with Crippen LogP contribution in [0.25, 0.3) is 22.2 Å². The zero-order valence-corrected chi connectivity index (χ0v) is 18.3. The first-order valence-electron chi connectivity index (χ1n) is 10.5. The quantitative estimate of drug-likeness (QED) is 0.330. The van der Waals surface area contributed by atoms with Crippen molar-refractivity contribution in [2.75, 3.05) is 11.9 Å². The van der Waals surface area contributed by atoms with Gasteiger partial charge in [0.05, 0.1) is 16.8 Å². The van der Waals surface area contributed by atoms with Crippen molar-refractivity contribution in [3.8, 4) is 11.3 Å². The molecule has 0 aliphatic carbocycles. The number of anilines is 1. The molecule has 33 heavy (non-hydrogen) atoms. The number of pyridine rings is 1. The van der Waals surface area contributed by atoms with Gasteiger partial charge in [-0.1, -0.05) is 48.5 Å². The fraction of sp³-hybridized carbons (Fsp3) is 0.111. The first-order valence-corrected chi connectivity index (χ1v) is 10.5. The van der Waals surface area contributed by atoms with E-state index >= 15 is 0 Å². The van der Waals surface area contributed by atoms with Gasteiger partial charge in [0.25, 0.3) is 0 Å². The number of amides is 1. The van der Waals surface area contributed by atoms with Crippen molar-refractivity contribution >= 4 is 34.3 Å². The van der Waals surface area contributed by atoms with E-state index in [1.807, 2.05) is 61.5 Å². The molecule has 164 valence electrons. The topological polar surface area (TPSA) is 85.4 Å². The van der Waals surface area contributed by atoms with Gasteiger partial charge in [0, 0.05) is 29.1 Å². The van der Waals surface area contributed by atoms with Gasteiger partial charge in [-0.25, -0.2) is 9.78 Å². The molecule has 0 bridgehead atoms. The Hall–Kier alpha value is -4.32. The van der Waals surface area contributed by atoms with Crippen LogP contribution in [0.2, 0.25) is 0 Å².